The minimum atomic E-state index is -0.555. The molecule has 3 aliphatic heterocycles. The van der Waals surface area contributed by atoms with Gasteiger partial charge in [0.15, 0.2) is 0 Å². The Bertz CT molecular complexity index is 794. The normalized spacial score (nSPS) is 27.7. The van der Waals surface area contributed by atoms with E-state index in [1.54, 1.807) is 4.90 Å². The molecule has 150 valence electrons. The van der Waals surface area contributed by atoms with Gasteiger partial charge in [0.2, 0.25) is 11.8 Å². The van der Waals surface area contributed by atoms with Crippen LogP contribution in [0.25, 0.3) is 0 Å². The van der Waals surface area contributed by atoms with Crippen molar-refractivity contribution in [2.75, 3.05) is 19.6 Å². The third-order valence-electron chi connectivity index (χ3n) is 6.29. The number of rotatable bonds is 5. The van der Waals surface area contributed by atoms with Crippen LogP contribution in [-0.4, -0.2) is 48.3 Å². The maximum absolute atomic E-state index is 12.9. The van der Waals surface area contributed by atoms with Crippen molar-refractivity contribution in [3.8, 4) is 0 Å². The summed E-state index contributed by atoms with van der Waals surface area (Å²) < 4.78 is 0. The van der Waals surface area contributed by atoms with Crippen molar-refractivity contribution in [2.45, 2.75) is 45.3 Å². The number of amides is 3. The molecule has 0 aliphatic carbocycles. The van der Waals surface area contributed by atoms with E-state index >= 15 is 0 Å². The molecular weight excluding hydrogens is 356 g/mol. The highest BCUT2D eigenvalue weighted by atomic mass is 16.2. The highest BCUT2D eigenvalue weighted by molar-refractivity contribution is 6.05. The van der Waals surface area contributed by atoms with Gasteiger partial charge in [-0.15, -0.1) is 0 Å². The average Bonchev–Trinajstić information content (AvgIpc) is 3.00. The Morgan fingerprint density at radius 1 is 1.21 bits per heavy atom. The molecule has 1 aromatic rings. The minimum Gasteiger partial charge on any atom is -0.322 e. The second kappa shape index (κ2) is 8.01. The standard InChI is InChI=1S/C21H28N4O3/c1-13-9-22-7-6-15(13)11-23-10-14-2-3-16-12-25(21(28)17(16)8-14)18-4-5-19(26)24-20(18)27/h2-3,8,13,15,18,22-23H,4-7,9-12H2,1H3,(H,24,26,27). The summed E-state index contributed by atoms with van der Waals surface area (Å²) in [7, 11) is 0. The predicted octanol–water partition coefficient (Wildman–Crippen LogP) is 0.783. The molecule has 1 aromatic carbocycles. The van der Waals surface area contributed by atoms with Gasteiger partial charge < -0.3 is 15.5 Å². The quantitative estimate of drug-likeness (QED) is 0.653. The third-order valence-corrected chi connectivity index (χ3v) is 6.29. The van der Waals surface area contributed by atoms with Gasteiger partial charge in [0.1, 0.15) is 6.04 Å². The van der Waals surface area contributed by atoms with Crippen LogP contribution < -0.4 is 16.0 Å². The van der Waals surface area contributed by atoms with Crippen LogP contribution in [0.5, 0.6) is 0 Å². The SMILES string of the molecule is CC1CNCCC1CNCc1ccc2c(c1)C(=O)N(C1CCC(=O)NC1=O)C2. The Kier molecular flexibility index (Phi) is 5.46. The molecule has 28 heavy (non-hydrogen) atoms. The molecule has 3 aliphatic rings. The second-order valence-electron chi connectivity index (χ2n) is 8.25. The molecule has 4 rings (SSSR count). The number of benzene rings is 1. The fourth-order valence-corrected chi connectivity index (χ4v) is 4.49. The Labute approximate surface area is 165 Å². The zero-order valence-corrected chi connectivity index (χ0v) is 16.3. The van der Waals surface area contributed by atoms with Gasteiger partial charge in [-0.05, 0) is 61.5 Å². The Morgan fingerprint density at radius 3 is 2.86 bits per heavy atom. The van der Waals surface area contributed by atoms with Gasteiger partial charge in [0.25, 0.3) is 5.91 Å². The van der Waals surface area contributed by atoms with Gasteiger partial charge in [-0.2, -0.15) is 0 Å². The van der Waals surface area contributed by atoms with Crippen molar-refractivity contribution in [1.29, 1.82) is 0 Å². The molecule has 0 spiro atoms. The summed E-state index contributed by atoms with van der Waals surface area (Å²) in [4.78, 5) is 38.0. The lowest BCUT2D eigenvalue weighted by Crippen LogP contribution is -2.52. The van der Waals surface area contributed by atoms with Crippen molar-refractivity contribution < 1.29 is 14.4 Å². The summed E-state index contributed by atoms with van der Waals surface area (Å²) in [6.07, 6.45) is 1.87. The molecule has 7 heteroatoms. The van der Waals surface area contributed by atoms with E-state index in [1.165, 1.54) is 6.42 Å². The first kappa shape index (κ1) is 19.1. The molecule has 0 radical (unpaired) electrons. The van der Waals surface area contributed by atoms with E-state index in [2.05, 4.69) is 28.9 Å². The first-order valence-corrected chi connectivity index (χ1v) is 10.2. The van der Waals surface area contributed by atoms with Gasteiger partial charge >= 0.3 is 0 Å². The van der Waals surface area contributed by atoms with Crippen molar-refractivity contribution in [3.63, 3.8) is 0 Å². The Morgan fingerprint density at radius 2 is 2.07 bits per heavy atom. The van der Waals surface area contributed by atoms with Crippen LogP contribution in [-0.2, 0) is 22.7 Å². The Balaban J connectivity index is 1.37. The zero-order valence-electron chi connectivity index (χ0n) is 16.3. The van der Waals surface area contributed by atoms with E-state index in [0.29, 0.717) is 30.4 Å². The molecule has 3 amide bonds. The molecule has 3 N–H and O–H groups in total. The number of nitrogens with zero attached hydrogens (tertiary/aromatic N) is 1. The smallest absolute Gasteiger partial charge is 0.255 e. The highest BCUT2D eigenvalue weighted by Gasteiger charge is 2.39. The van der Waals surface area contributed by atoms with Crippen molar-refractivity contribution >= 4 is 17.7 Å². The van der Waals surface area contributed by atoms with Crippen LogP contribution in [0.3, 0.4) is 0 Å². The van der Waals surface area contributed by atoms with Gasteiger partial charge in [-0.1, -0.05) is 19.1 Å². The largest absolute Gasteiger partial charge is 0.322 e. The molecule has 0 saturated carbocycles. The summed E-state index contributed by atoms with van der Waals surface area (Å²) in [5, 5.41) is 9.31. The number of hydrogen-bond acceptors (Lipinski definition) is 5. The lowest BCUT2D eigenvalue weighted by molar-refractivity contribution is -0.136. The van der Waals surface area contributed by atoms with Gasteiger partial charge in [0, 0.05) is 25.1 Å². The number of carbonyl (C=O) groups excluding carboxylic acids is 3. The lowest BCUT2D eigenvalue weighted by Gasteiger charge is -2.29. The van der Waals surface area contributed by atoms with Crippen LogP contribution in [0.4, 0.5) is 0 Å². The monoisotopic (exact) mass is 384 g/mol. The lowest BCUT2D eigenvalue weighted by atomic mass is 9.88. The molecule has 7 nitrogen and oxygen atoms in total. The number of piperidine rings is 2. The molecule has 2 saturated heterocycles. The van der Waals surface area contributed by atoms with Crippen molar-refractivity contribution in [3.05, 3.63) is 34.9 Å². The van der Waals surface area contributed by atoms with Crippen LogP contribution in [0, 0.1) is 11.8 Å². The van der Waals surface area contributed by atoms with Crippen LogP contribution in [0.2, 0.25) is 0 Å². The first-order valence-electron chi connectivity index (χ1n) is 10.2. The van der Waals surface area contributed by atoms with Crippen LogP contribution in [0.1, 0.15) is 47.7 Å². The average molecular weight is 384 g/mol. The molecular formula is C21H28N4O3. The van der Waals surface area contributed by atoms with E-state index < -0.39 is 6.04 Å². The van der Waals surface area contributed by atoms with E-state index in [9.17, 15) is 14.4 Å². The van der Waals surface area contributed by atoms with Crippen LogP contribution >= 0.6 is 0 Å². The summed E-state index contributed by atoms with van der Waals surface area (Å²) in [6.45, 7) is 6.60. The first-order chi connectivity index (χ1) is 13.5. The zero-order chi connectivity index (χ0) is 19.7. The molecule has 0 bridgehead atoms. The molecule has 0 aromatic heterocycles. The second-order valence-corrected chi connectivity index (χ2v) is 8.25. The van der Waals surface area contributed by atoms with Gasteiger partial charge in [0.05, 0.1) is 0 Å². The minimum absolute atomic E-state index is 0.113. The number of fused-ring (bicyclic) bond motifs is 1. The van der Waals surface area contributed by atoms with E-state index in [-0.39, 0.29) is 24.1 Å². The fraction of sp³-hybridized carbons (Fsp3) is 0.571. The number of hydrogen-bond donors (Lipinski definition) is 3. The molecule has 3 atom stereocenters. The van der Waals surface area contributed by atoms with Crippen molar-refractivity contribution in [1.82, 2.24) is 20.9 Å². The van der Waals surface area contributed by atoms with E-state index in [1.807, 2.05) is 12.1 Å². The van der Waals surface area contributed by atoms with Crippen molar-refractivity contribution in [2.24, 2.45) is 11.8 Å². The molecule has 3 heterocycles. The number of imide groups is 1. The number of carbonyl (C=O) groups is 3. The summed E-state index contributed by atoms with van der Waals surface area (Å²) >= 11 is 0. The van der Waals surface area contributed by atoms with Gasteiger partial charge in [-0.25, -0.2) is 0 Å². The summed E-state index contributed by atoms with van der Waals surface area (Å²) in [5.74, 6) is 0.612. The number of nitrogens with one attached hydrogen (secondary N) is 3. The maximum atomic E-state index is 12.9. The molecule has 2 fully saturated rings. The van der Waals surface area contributed by atoms with E-state index in [4.69, 9.17) is 0 Å². The topological polar surface area (TPSA) is 90.5 Å². The highest BCUT2D eigenvalue weighted by Crippen LogP contribution is 2.28. The van der Waals surface area contributed by atoms with Gasteiger partial charge in [-0.3, -0.25) is 19.7 Å². The molecule has 3 unspecified atom stereocenters. The summed E-state index contributed by atoms with van der Waals surface area (Å²) in [5.41, 5.74) is 2.71. The maximum Gasteiger partial charge on any atom is 0.255 e. The Hall–Kier alpha value is -2.25. The predicted molar refractivity (Wildman–Crippen MR) is 104 cm³/mol. The van der Waals surface area contributed by atoms with E-state index in [0.717, 1.165) is 37.3 Å². The third kappa shape index (κ3) is 3.82. The summed E-state index contributed by atoms with van der Waals surface area (Å²) in [6, 6.07) is 5.44. The van der Waals surface area contributed by atoms with Crippen LogP contribution in [0.15, 0.2) is 18.2 Å². The fourth-order valence-electron chi connectivity index (χ4n) is 4.49.